The maximum absolute atomic E-state index is 12.0. The van der Waals surface area contributed by atoms with Crippen molar-refractivity contribution in [3.8, 4) is 0 Å². The van der Waals surface area contributed by atoms with E-state index in [-0.39, 0.29) is 11.4 Å². The van der Waals surface area contributed by atoms with Crippen molar-refractivity contribution in [3.63, 3.8) is 0 Å². The fourth-order valence-electron chi connectivity index (χ4n) is 2.36. The van der Waals surface area contributed by atoms with E-state index in [0.29, 0.717) is 25.3 Å². The van der Waals surface area contributed by atoms with Crippen LogP contribution in [-0.2, 0) is 4.79 Å². The molecular formula is C15H28N2O3. The van der Waals surface area contributed by atoms with E-state index in [1.807, 2.05) is 0 Å². The van der Waals surface area contributed by atoms with Crippen molar-refractivity contribution in [2.24, 2.45) is 11.3 Å². The zero-order valence-electron chi connectivity index (χ0n) is 13.1. The molecule has 0 saturated heterocycles. The minimum Gasteiger partial charge on any atom is -0.480 e. The summed E-state index contributed by atoms with van der Waals surface area (Å²) < 4.78 is 0. The van der Waals surface area contributed by atoms with Crippen LogP contribution in [0.5, 0.6) is 0 Å². The molecule has 0 spiro atoms. The van der Waals surface area contributed by atoms with Crippen LogP contribution in [0.1, 0.15) is 59.8 Å². The number of carboxylic acids is 1. The van der Waals surface area contributed by atoms with E-state index in [1.54, 1.807) is 0 Å². The molecule has 0 aromatic carbocycles. The molecule has 1 aliphatic rings. The van der Waals surface area contributed by atoms with Crippen molar-refractivity contribution in [2.45, 2.75) is 65.3 Å². The smallest absolute Gasteiger partial charge is 0.329 e. The maximum atomic E-state index is 12.0. The molecule has 20 heavy (non-hydrogen) atoms. The summed E-state index contributed by atoms with van der Waals surface area (Å²) in [5, 5.41) is 14.9. The number of aliphatic carboxylic acids is 1. The molecular weight excluding hydrogens is 256 g/mol. The molecule has 0 aromatic heterocycles. The van der Waals surface area contributed by atoms with E-state index in [2.05, 4.69) is 38.3 Å². The highest BCUT2D eigenvalue weighted by Crippen LogP contribution is 2.28. The van der Waals surface area contributed by atoms with Crippen LogP contribution >= 0.6 is 0 Å². The van der Waals surface area contributed by atoms with E-state index in [4.69, 9.17) is 0 Å². The quantitative estimate of drug-likeness (QED) is 0.742. The summed E-state index contributed by atoms with van der Waals surface area (Å²) in [5.74, 6) is -0.600. The van der Waals surface area contributed by atoms with Crippen LogP contribution in [0.4, 0.5) is 4.79 Å². The summed E-state index contributed by atoms with van der Waals surface area (Å²) in [4.78, 5) is 23.4. The fourth-order valence-corrected chi connectivity index (χ4v) is 2.36. The molecule has 5 heteroatoms. The Morgan fingerprint density at radius 1 is 1.20 bits per heavy atom. The van der Waals surface area contributed by atoms with Crippen LogP contribution in [0.2, 0.25) is 0 Å². The van der Waals surface area contributed by atoms with Crippen molar-refractivity contribution >= 4 is 12.0 Å². The fraction of sp³-hybridized carbons (Fsp3) is 0.867. The van der Waals surface area contributed by atoms with Gasteiger partial charge in [0, 0.05) is 6.54 Å². The number of carbonyl (C=O) groups is 2. The first-order valence-corrected chi connectivity index (χ1v) is 7.47. The highest BCUT2D eigenvalue weighted by molar-refractivity contribution is 5.86. The van der Waals surface area contributed by atoms with Crippen molar-refractivity contribution < 1.29 is 14.7 Å². The van der Waals surface area contributed by atoms with Gasteiger partial charge in [0.15, 0.2) is 0 Å². The first-order valence-electron chi connectivity index (χ1n) is 7.47. The summed E-state index contributed by atoms with van der Waals surface area (Å²) in [6.07, 6.45) is 3.78. The molecule has 0 radical (unpaired) electrons. The van der Waals surface area contributed by atoms with Gasteiger partial charge >= 0.3 is 12.0 Å². The maximum Gasteiger partial charge on any atom is 0.329 e. The predicted octanol–water partition coefficient (Wildman–Crippen LogP) is 2.76. The number of hydrogen-bond acceptors (Lipinski definition) is 2. The molecule has 3 N–H and O–H groups in total. The van der Waals surface area contributed by atoms with Gasteiger partial charge in [-0.3, -0.25) is 0 Å². The van der Waals surface area contributed by atoms with Crippen LogP contribution in [0, 0.1) is 11.3 Å². The number of hydrogen-bond donors (Lipinski definition) is 3. The normalized spacial score (nSPS) is 20.0. The van der Waals surface area contributed by atoms with Crippen molar-refractivity contribution in [3.05, 3.63) is 0 Å². The molecule has 1 aliphatic carbocycles. The molecule has 0 bridgehead atoms. The van der Waals surface area contributed by atoms with E-state index >= 15 is 0 Å². The van der Waals surface area contributed by atoms with Crippen LogP contribution in [0.25, 0.3) is 0 Å². The predicted molar refractivity (Wildman–Crippen MR) is 78.6 cm³/mol. The Morgan fingerprint density at radius 2 is 1.75 bits per heavy atom. The van der Waals surface area contributed by atoms with Crippen LogP contribution in [-0.4, -0.2) is 29.2 Å². The van der Waals surface area contributed by atoms with Crippen molar-refractivity contribution in [1.29, 1.82) is 0 Å². The van der Waals surface area contributed by atoms with Crippen molar-refractivity contribution in [2.75, 3.05) is 6.54 Å². The number of urea groups is 1. The van der Waals surface area contributed by atoms with Crippen LogP contribution < -0.4 is 10.6 Å². The van der Waals surface area contributed by atoms with Gasteiger partial charge in [0.25, 0.3) is 0 Å². The SMILES string of the molecule is CC(CNC(=O)NC1(C(=O)O)CCCCC1)C(C)(C)C. The van der Waals surface area contributed by atoms with Crippen LogP contribution in [0.3, 0.4) is 0 Å². The molecule has 1 rings (SSSR count). The Kier molecular flexibility index (Phi) is 5.42. The second-order valence-electron chi connectivity index (χ2n) is 7.05. The lowest BCUT2D eigenvalue weighted by Gasteiger charge is -2.34. The summed E-state index contributed by atoms with van der Waals surface area (Å²) in [6.45, 7) is 8.99. The summed E-state index contributed by atoms with van der Waals surface area (Å²) in [6, 6.07) is -0.370. The Hall–Kier alpha value is -1.26. The van der Waals surface area contributed by atoms with Gasteiger partial charge in [-0.1, -0.05) is 47.0 Å². The molecule has 1 fully saturated rings. The van der Waals surface area contributed by atoms with E-state index < -0.39 is 11.5 Å². The third-order valence-electron chi connectivity index (χ3n) is 4.52. The first-order chi connectivity index (χ1) is 9.17. The minimum atomic E-state index is -1.08. The lowest BCUT2D eigenvalue weighted by Crippen LogP contribution is -2.58. The van der Waals surface area contributed by atoms with Gasteiger partial charge in [0.2, 0.25) is 0 Å². The Bertz CT molecular complexity index is 355. The number of carboxylic acid groups (broad SMARTS) is 1. The average Bonchev–Trinajstić information content (AvgIpc) is 2.35. The number of amides is 2. The zero-order chi connectivity index (χ0) is 15.4. The highest BCUT2D eigenvalue weighted by atomic mass is 16.4. The molecule has 1 atom stereocenters. The minimum absolute atomic E-state index is 0.114. The summed E-state index contributed by atoms with van der Waals surface area (Å²) in [5.41, 5.74) is -0.962. The Morgan fingerprint density at radius 3 is 2.20 bits per heavy atom. The molecule has 116 valence electrons. The standard InChI is InChI=1S/C15H28N2O3/c1-11(14(2,3)4)10-16-13(20)17-15(12(18)19)8-6-5-7-9-15/h11H,5-10H2,1-4H3,(H,18,19)(H2,16,17,20). The Labute approximate surface area is 121 Å². The van der Waals surface area contributed by atoms with Crippen molar-refractivity contribution in [1.82, 2.24) is 10.6 Å². The number of rotatable bonds is 4. The topological polar surface area (TPSA) is 78.4 Å². The largest absolute Gasteiger partial charge is 0.480 e. The van der Waals surface area contributed by atoms with Gasteiger partial charge in [0.1, 0.15) is 5.54 Å². The molecule has 1 saturated carbocycles. The number of carbonyl (C=O) groups excluding carboxylic acids is 1. The molecule has 0 aliphatic heterocycles. The molecule has 0 aromatic rings. The number of nitrogens with one attached hydrogen (secondary N) is 2. The third-order valence-corrected chi connectivity index (χ3v) is 4.52. The molecule has 0 heterocycles. The lowest BCUT2D eigenvalue weighted by atomic mass is 9.81. The van der Waals surface area contributed by atoms with Crippen LogP contribution in [0.15, 0.2) is 0 Å². The monoisotopic (exact) mass is 284 g/mol. The van der Waals surface area contributed by atoms with Gasteiger partial charge in [0.05, 0.1) is 0 Å². The third kappa shape index (κ3) is 4.39. The summed E-state index contributed by atoms with van der Waals surface area (Å²) >= 11 is 0. The first kappa shape index (κ1) is 16.8. The second-order valence-corrected chi connectivity index (χ2v) is 7.05. The van der Waals surface area contributed by atoms with Gasteiger partial charge in [-0.15, -0.1) is 0 Å². The highest BCUT2D eigenvalue weighted by Gasteiger charge is 2.41. The second kappa shape index (κ2) is 6.46. The van der Waals surface area contributed by atoms with Gasteiger partial charge < -0.3 is 15.7 Å². The van der Waals surface area contributed by atoms with E-state index in [9.17, 15) is 14.7 Å². The van der Waals surface area contributed by atoms with E-state index in [0.717, 1.165) is 19.3 Å². The van der Waals surface area contributed by atoms with E-state index in [1.165, 1.54) is 0 Å². The average molecular weight is 284 g/mol. The molecule has 1 unspecified atom stereocenters. The summed E-state index contributed by atoms with van der Waals surface area (Å²) in [7, 11) is 0. The van der Waals surface area contributed by atoms with Gasteiger partial charge in [-0.2, -0.15) is 0 Å². The van der Waals surface area contributed by atoms with Gasteiger partial charge in [-0.25, -0.2) is 9.59 Å². The van der Waals surface area contributed by atoms with Gasteiger partial charge in [-0.05, 0) is 24.2 Å². The zero-order valence-corrected chi connectivity index (χ0v) is 13.1. The molecule has 2 amide bonds. The Balaban J connectivity index is 2.53. The lowest BCUT2D eigenvalue weighted by molar-refractivity contribution is -0.145. The molecule has 5 nitrogen and oxygen atoms in total.